The summed E-state index contributed by atoms with van der Waals surface area (Å²) in [6, 6.07) is 1.64. The van der Waals surface area contributed by atoms with Crippen LogP contribution < -0.4 is 0 Å². The molecule has 0 radical (unpaired) electrons. The van der Waals surface area contributed by atoms with Crippen molar-refractivity contribution < 1.29 is 21.0 Å². The summed E-state index contributed by atoms with van der Waals surface area (Å²) in [7, 11) is -9.59. The van der Waals surface area contributed by atoms with E-state index in [1.54, 1.807) is 0 Å². The van der Waals surface area contributed by atoms with Crippen LogP contribution in [0.5, 0.6) is 0 Å². The summed E-state index contributed by atoms with van der Waals surface area (Å²) in [4.78, 5) is 0. The molecule has 0 unspecified atom stereocenters. The van der Waals surface area contributed by atoms with E-state index in [9.17, 15) is 16.8 Å². The maximum Gasteiger partial charge on any atom is 0.173 e. The molecular weight excluding hydrogens is 344 g/mol. The Morgan fingerprint density at radius 3 is 1.24 bits per heavy atom. The molecule has 9 heteroatoms. The van der Waals surface area contributed by atoms with Gasteiger partial charge < -0.3 is 4.12 Å². The van der Waals surface area contributed by atoms with E-state index in [1.165, 1.54) is 12.5 Å². The summed E-state index contributed by atoms with van der Waals surface area (Å²) in [5, 5.41) is 0. The van der Waals surface area contributed by atoms with Crippen molar-refractivity contribution in [3.05, 3.63) is 0 Å². The third-order valence-electron chi connectivity index (χ3n) is 3.14. The van der Waals surface area contributed by atoms with Crippen molar-refractivity contribution in [2.24, 2.45) is 0 Å². The van der Waals surface area contributed by atoms with Crippen molar-refractivity contribution in [3.63, 3.8) is 0 Å². The van der Waals surface area contributed by atoms with Crippen LogP contribution >= 0.6 is 0 Å². The van der Waals surface area contributed by atoms with Gasteiger partial charge in [0.15, 0.2) is 16.6 Å². The number of rotatable bonds is 10. The largest absolute Gasteiger partial charge is 0.455 e. The fraction of sp³-hybridized carbons (Fsp3) is 1.00. The summed E-state index contributed by atoms with van der Waals surface area (Å²) in [6.45, 7) is 8.45. The van der Waals surface area contributed by atoms with Gasteiger partial charge in [0.2, 0.25) is 0 Å². The molecule has 0 aromatic carbocycles. The average molecular weight is 375 g/mol. The van der Waals surface area contributed by atoms with Gasteiger partial charge in [-0.1, -0.05) is 0 Å². The van der Waals surface area contributed by atoms with Crippen LogP contribution in [0.15, 0.2) is 0 Å². The predicted octanol–water partition coefficient (Wildman–Crippen LogP) is 2.28. The lowest BCUT2D eigenvalue weighted by atomic mass is 10.6. The van der Waals surface area contributed by atoms with Crippen LogP contribution in [0.2, 0.25) is 38.3 Å². The zero-order valence-corrected chi connectivity index (χ0v) is 17.7. The molecule has 0 bridgehead atoms. The van der Waals surface area contributed by atoms with Crippen LogP contribution in [0.4, 0.5) is 0 Å². The fourth-order valence-corrected chi connectivity index (χ4v) is 13.1. The highest BCUT2D eigenvalue weighted by Gasteiger charge is 2.32. The van der Waals surface area contributed by atoms with Crippen LogP contribution in [-0.2, 0) is 23.8 Å². The van der Waals surface area contributed by atoms with Crippen molar-refractivity contribution in [2.75, 3.05) is 24.0 Å². The van der Waals surface area contributed by atoms with Crippen molar-refractivity contribution >= 4 is 36.3 Å². The molecule has 0 aliphatic heterocycles. The molecule has 5 nitrogen and oxygen atoms in total. The monoisotopic (exact) mass is 374 g/mol. The van der Waals surface area contributed by atoms with Crippen LogP contribution in [0.25, 0.3) is 0 Å². The zero-order valence-electron chi connectivity index (χ0n) is 14.1. The first kappa shape index (κ1) is 21.3. The Morgan fingerprint density at radius 2 is 1.00 bits per heavy atom. The molecule has 0 fully saturated rings. The van der Waals surface area contributed by atoms with E-state index in [1.807, 2.05) is 0 Å². The van der Waals surface area contributed by atoms with Gasteiger partial charge in [0.25, 0.3) is 0 Å². The maximum absolute atomic E-state index is 11.2. The molecule has 0 aromatic rings. The average Bonchev–Trinajstić information content (AvgIpc) is 2.09. The number of sulfone groups is 2. The molecule has 128 valence electrons. The molecule has 0 amide bonds. The Bertz CT molecular complexity index is 476. The Balaban J connectivity index is 4.33. The van der Waals surface area contributed by atoms with Crippen LogP contribution in [0.1, 0.15) is 12.8 Å². The Labute approximate surface area is 132 Å². The molecule has 0 aliphatic rings. The fourth-order valence-electron chi connectivity index (χ4n) is 2.37. The van der Waals surface area contributed by atoms with E-state index in [-0.39, 0.29) is 11.5 Å². The van der Waals surface area contributed by atoms with Crippen molar-refractivity contribution in [1.29, 1.82) is 0 Å². The first-order chi connectivity index (χ1) is 9.12. The Hall–Kier alpha value is 0.294. The summed E-state index contributed by atoms with van der Waals surface area (Å²) in [5.74, 6) is 0.422. The first-order valence-corrected chi connectivity index (χ1v) is 17.5. The second kappa shape index (κ2) is 7.71. The van der Waals surface area contributed by atoms with Gasteiger partial charge in [-0.15, -0.1) is 0 Å². The third kappa shape index (κ3) is 13.7. The van der Waals surface area contributed by atoms with Crippen molar-refractivity contribution in [3.8, 4) is 0 Å². The van der Waals surface area contributed by atoms with E-state index in [0.29, 0.717) is 12.8 Å². The lowest BCUT2D eigenvalue weighted by molar-refractivity contribution is 0.533. The summed E-state index contributed by atoms with van der Waals surface area (Å²) < 4.78 is 51.0. The molecule has 0 saturated carbocycles. The second-order valence-corrected chi connectivity index (χ2v) is 20.5. The highest BCUT2D eigenvalue weighted by molar-refractivity contribution is 7.90. The first-order valence-electron chi connectivity index (χ1n) is 7.18. The predicted molar refractivity (Wildman–Crippen MR) is 94.3 cm³/mol. The van der Waals surface area contributed by atoms with Crippen LogP contribution in [0, 0.1) is 0 Å². The van der Waals surface area contributed by atoms with Crippen LogP contribution in [-0.4, -0.2) is 57.5 Å². The standard InChI is InChI=1S/C12H30O5S2Si2/c1-18(13,14)9-7-11-20(3,4)17-21(5,6)12-8-10-19(2,15)16/h7-12H2,1-6H3. The molecule has 0 spiro atoms. The number of hydrogen-bond donors (Lipinski definition) is 0. The van der Waals surface area contributed by atoms with Gasteiger partial charge in [0.1, 0.15) is 19.7 Å². The van der Waals surface area contributed by atoms with Gasteiger partial charge in [-0.25, -0.2) is 16.8 Å². The minimum absolute atomic E-state index is 0.211. The minimum atomic E-state index is -2.91. The van der Waals surface area contributed by atoms with E-state index in [0.717, 1.165) is 12.1 Å². The Morgan fingerprint density at radius 1 is 0.714 bits per heavy atom. The van der Waals surface area contributed by atoms with Gasteiger partial charge in [-0.2, -0.15) is 0 Å². The van der Waals surface area contributed by atoms with E-state index in [4.69, 9.17) is 4.12 Å². The molecule has 0 heterocycles. The highest BCUT2D eigenvalue weighted by Crippen LogP contribution is 2.24. The molecule has 0 rings (SSSR count). The van der Waals surface area contributed by atoms with E-state index >= 15 is 0 Å². The van der Waals surface area contributed by atoms with Gasteiger partial charge in [-0.3, -0.25) is 0 Å². The quantitative estimate of drug-likeness (QED) is 0.548. The van der Waals surface area contributed by atoms with Gasteiger partial charge in [0.05, 0.1) is 0 Å². The van der Waals surface area contributed by atoms with E-state index < -0.39 is 36.3 Å². The molecule has 0 aliphatic carbocycles. The zero-order chi connectivity index (χ0) is 16.9. The summed E-state index contributed by atoms with van der Waals surface area (Å²) >= 11 is 0. The van der Waals surface area contributed by atoms with E-state index in [2.05, 4.69) is 26.2 Å². The van der Waals surface area contributed by atoms with Crippen molar-refractivity contribution in [1.82, 2.24) is 0 Å². The molecule has 0 N–H and O–H groups in total. The highest BCUT2D eigenvalue weighted by atomic mass is 32.2. The Kier molecular flexibility index (Phi) is 7.82. The summed E-state index contributed by atoms with van der Waals surface area (Å²) in [5.41, 5.74) is 0. The lowest BCUT2D eigenvalue weighted by Crippen LogP contribution is -2.44. The van der Waals surface area contributed by atoms with Gasteiger partial charge >= 0.3 is 0 Å². The normalized spacial score (nSPS) is 14.4. The molecule has 21 heavy (non-hydrogen) atoms. The molecule has 0 saturated heterocycles. The minimum Gasteiger partial charge on any atom is -0.455 e. The topological polar surface area (TPSA) is 77.5 Å². The molecule has 0 atom stereocenters. The molecule has 0 aromatic heterocycles. The van der Waals surface area contributed by atoms with Gasteiger partial charge in [-0.05, 0) is 51.1 Å². The SMILES string of the molecule is C[Si](C)(CCCS(C)(=O)=O)O[Si](C)(C)CCCS(C)(=O)=O. The van der Waals surface area contributed by atoms with Crippen molar-refractivity contribution in [2.45, 2.75) is 51.1 Å². The molecular formula is C12H30O5S2Si2. The second-order valence-electron chi connectivity index (χ2n) is 7.09. The summed E-state index contributed by atoms with van der Waals surface area (Å²) in [6.07, 6.45) is 3.80. The number of hydrogen-bond acceptors (Lipinski definition) is 5. The van der Waals surface area contributed by atoms with Gasteiger partial charge in [0, 0.05) is 24.0 Å². The lowest BCUT2D eigenvalue weighted by Gasteiger charge is -2.34. The van der Waals surface area contributed by atoms with Crippen LogP contribution in [0.3, 0.4) is 0 Å². The third-order valence-corrected chi connectivity index (χ3v) is 12.7. The maximum atomic E-state index is 11.2. The smallest absolute Gasteiger partial charge is 0.173 e.